The summed E-state index contributed by atoms with van der Waals surface area (Å²) in [5, 5.41) is 6.69. The summed E-state index contributed by atoms with van der Waals surface area (Å²) in [5.41, 5.74) is 1.24. The first kappa shape index (κ1) is 22.1. The number of nitrogens with one attached hydrogen (secondary N) is 2. The molecule has 27 heavy (non-hydrogen) atoms. The van der Waals surface area contributed by atoms with E-state index < -0.39 is 10.0 Å². The number of benzene rings is 1. The molecule has 2 aliphatic heterocycles. The lowest BCUT2D eigenvalue weighted by atomic mass is 9.99. The lowest BCUT2D eigenvalue weighted by Gasteiger charge is -2.30. The van der Waals surface area contributed by atoms with E-state index in [0.29, 0.717) is 30.7 Å². The molecule has 0 saturated carbocycles. The first-order chi connectivity index (χ1) is 12.3. The summed E-state index contributed by atoms with van der Waals surface area (Å²) in [6.07, 6.45) is 4.23. The maximum absolute atomic E-state index is 12.8. The van der Waals surface area contributed by atoms with Crippen LogP contribution in [0.1, 0.15) is 55.5 Å². The Bertz CT molecular complexity index is 768. The molecule has 3 rings (SSSR count). The molecule has 1 aromatic rings. The number of aryl methyl sites for hydroxylation is 1. The number of piperidine rings is 1. The van der Waals surface area contributed by atoms with Crippen LogP contribution in [-0.2, 0) is 10.0 Å². The lowest BCUT2D eigenvalue weighted by Crippen LogP contribution is -2.48. The summed E-state index contributed by atoms with van der Waals surface area (Å²) < 4.78 is 26.9. The zero-order valence-corrected chi connectivity index (χ0v) is 17.8. The van der Waals surface area contributed by atoms with Gasteiger partial charge in [-0.25, -0.2) is 8.42 Å². The highest BCUT2D eigenvalue weighted by Crippen LogP contribution is 2.27. The fraction of sp³-hybridized carbons (Fsp3) is 0.632. The third kappa shape index (κ3) is 4.65. The number of hydrogen-bond acceptors (Lipinski definition) is 4. The van der Waals surface area contributed by atoms with Gasteiger partial charge in [0.25, 0.3) is 5.91 Å². The van der Waals surface area contributed by atoms with Gasteiger partial charge in [-0.3, -0.25) is 4.79 Å². The van der Waals surface area contributed by atoms with Crippen molar-refractivity contribution in [2.24, 2.45) is 0 Å². The van der Waals surface area contributed by atoms with E-state index in [-0.39, 0.29) is 29.3 Å². The summed E-state index contributed by atoms with van der Waals surface area (Å²) in [7, 11) is -3.57. The molecule has 0 radical (unpaired) electrons. The van der Waals surface area contributed by atoms with Gasteiger partial charge in [0.2, 0.25) is 10.0 Å². The summed E-state index contributed by atoms with van der Waals surface area (Å²) in [6.45, 7) is 6.29. The van der Waals surface area contributed by atoms with Crippen molar-refractivity contribution in [1.29, 1.82) is 0 Å². The molecule has 2 bridgehead atoms. The summed E-state index contributed by atoms with van der Waals surface area (Å²) in [4.78, 5) is 13.0. The molecule has 2 atom stereocenters. The van der Waals surface area contributed by atoms with Crippen molar-refractivity contribution in [3.05, 3.63) is 29.3 Å². The monoisotopic (exact) mass is 415 g/mol. The summed E-state index contributed by atoms with van der Waals surface area (Å²) in [6, 6.07) is 5.98. The number of carbonyl (C=O) groups is 1. The van der Waals surface area contributed by atoms with E-state index in [0.717, 1.165) is 18.4 Å². The maximum Gasteiger partial charge on any atom is 0.251 e. The Balaban J connectivity index is 0.00000261. The molecule has 2 aliphatic rings. The van der Waals surface area contributed by atoms with Crippen LogP contribution in [-0.4, -0.2) is 49.8 Å². The van der Waals surface area contributed by atoms with Gasteiger partial charge in [-0.1, -0.05) is 19.9 Å². The molecule has 0 spiro atoms. The molecule has 0 aromatic heterocycles. The minimum atomic E-state index is -3.57. The zero-order chi connectivity index (χ0) is 18.9. The number of sulfonamides is 1. The van der Waals surface area contributed by atoms with Crippen molar-refractivity contribution in [3.63, 3.8) is 0 Å². The largest absolute Gasteiger partial charge is 0.349 e. The standard InChI is InChI=1S/C19H29N3O3S.ClH/c1-4-22(5-2)26(24,25)17-9-6-13(3)18(12-17)19(23)21-16-10-14-7-8-15(11-16)20-14;/h6,9,12,14-16,20H,4-5,7-8,10-11H2,1-3H3,(H,21,23);1H. The Kier molecular flexibility index (Phi) is 7.30. The lowest BCUT2D eigenvalue weighted by molar-refractivity contribution is 0.0923. The highest BCUT2D eigenvalue weighted by atomic mass is 35.5. The Morgan fingerprint density at radius 2 is 1.78 bits per heavy atom. The van der Waals surface area contributed by atoms with Gasteiger partial charge < -0.3 is 10.6 Å². The van der Waals surface area contributed by atoms with Crippen molar-refractivity contribution >= 4 is 28.3 Å². The SMILES string of the molecule is CCN(CC)S(=O)(=O)c1ccc(C)c(C(=O)NC2CC3CCC(C2)N3)c1.Cl. The van der Waals surface area contributed by atoms with Gasteiger partial charge in [-0.05, 0) is 50.3 Å². The van der Waals surface area contributed by atoms with Crippen LogP contribution in [0.2, 0.25) is 0 Å². The number of carbonyl (C=O) groups excluding carboxylic acids is 1. The summed E-state index contributed by atoms with van der Waals surface area (Å²) >= 11 is 0. The Labute approximate surface area is 168 Å². The quantitative estimate of drug-likeness (QED) is 0.748. The minimum Gasteiger partial charge on any atom is -0.349 e. The highest BCUT2D eigenvalue weighted by Gasteiger charge is 2.34. The van der Waals surface area contributed by atoms with E-state index in [1.807, 2.05) is 20.8 Å². The smallest absolute Gasteiger partial charge is 0.251 e. The van der Waals surface area contributed by atoms with Crippen LogP contribution in [0.25, 0.3) is 0 Å². The van der Waals surface area contributed by atoms with Crippen LogP contribution in [0.15, 0.2) is 23.1 Å². The molecule has 2 unspecified atom stereocenters. The fourth-order valence-corrected chi connectivity index (χ4v) is 5.64. The number of rotatable bonds is 6. The second-order valence-electron chi connectivity index (χ2n) is 7.35. The van der Waals surface area contributed by atoms with Gasteiger partial charge in [-0.15, -0.1) is 12.4 Å². The molecule has 0 aliphatic carbocycles. The van der Waals surface area contributed by atoms with Gasteiger partial charge in [0.15, 0.2) is 0 Å². The molecule has 8 heteroatoms. The molecule has 1 amide bonds. The van der Waals surface area contributed by atoms with E-state index >= 15 is 0 Å². The molecular weight excluding hydrogens is 386 g/mol. The van der Waals surface area contributed by atoms with Crippen molar-refractivity contribution in [1.82, 2.24) is 14.9 Å². The summed E-state index contributed by atoms with van der Waals surface area (Å²) in [5.74, 6) is -0.176. The van der Waals surface area contributed by atoms with Crippen LogP contribution in [0.4, 0.5) is 0 Å². The predicted molar refractivity (Wildman–Crippen MR) is 109 cm³/mol. The second kappa shape index (κ2) is 8.90. The predicted octanol–water partition coefficient (Wildman–Crippen LogP) is 2.46. The van der Waals surface area contributed by atoms with Crippen LogP contribution in [0, 0.1) is 6.92 Å². The van der Waals surface area contributed by atoms with Crippen LogP contribution < -0.4 is 10.6 Å². The second-order valence-corrected chi connectivity index (χ2v) is 9.28. The normalized spacial score (nSPS) is 24.5. The van der Waals surface area contributed by atoms with Gasteiger partial charge >= 0.3 is 0 Å². The minimum absolute atomic E-state index is 0. The van der Waals surface area contributed by atoms with E-state index in [1.165, 1.54) is 23.2 Å². The topological polar surface area (TPSA) is 78.5 Å². The zero-order valence-electron chi connectivity index (χ0n) is 16.2. The molecule has 2 fully saturated rings. The number of amides is 1. The van der Waals surface area contributed by atoms with E-state index in [1.54, 1.807) is 12.1 Å². The van der Waals surface area contributed by atoms with Gasteiger partial charge in [0.05, 0.1) is 4.90 Å². The van der Waals surface area contributed by atoms with Crippen molar-refractivity contribution in [2.45, 2.75) is 69.5 Å². The third-order valence-corrected chi connectivity index (χ3v) is 7.65. The third-order valence-electron chi connectivity index (χ3n) is 5.61. The number of hydrogen-bond donors (Lipinski definition) is 2. The van der Waals surface area contributed by atoms with Crippen LogP contribution in [0.5, 0.6) is 0 Å². The van der Waals surface area contributed by atoms with E-state index in [2.05, 4.69) is 10.6 Å². The molecule has 1 aromatic carbocycles. The van der Waals surface area contributed by atoms with E-state index in [9.17, 15) is 13.2 Å². The molecule has 152 valence electrons. The Hall–Kier alpha value is -1.15. The van der Waals surface area contributed by atoms with Crippen LogP contribution in [0.3, 0.4) is 0 Å². The van der Waals surface area contributed by atoms with Crippen molar-refractivity contribution < 1.29 is 13.2 Å². The molecular formula is C19H30ClN3O3S. The van der Waals surface area contributed by atoms with Crippen molar-refractivity contribution in [2.75, 3.05) is 13.1 Å². The van der Waals surface area contributed by atoms with Gasteiger partial charge in [0.1, 0.15) is 0 Å². The maximum atomic E-state index is 12.8. The van der Waals surface area contributed by atoms with E-state index in [4.69, 9.17) is 0 Å². The number of halogens is 1. The van der Waals surface area contributed by atoms with Gasteiger partial charge in [-0.2, -0.15) is 4.31 Å². The molecule has 2 heterocycles. The Morgan fingerprint density at radius 3 is 2.33 bits per heavy atom. The van der Waals surface area contributed by atoms with Gasteiger partial charge in [0, 0.05) is 36.8 Å². The molecule has 6 nitrogen and oxygen atoms in total. The van der Waals surface area contributed by atoms with Crippen molar-refractivity contribution in [3.8, 4) is 0 Å². The first-order valence-corrected chi connectivity index (χ1v) is 11.0. The molecule has 2 saturated heterocycles. The number of nitrogens with zero attached hydrogens (tertiary/aromatic N) is 1. The highest BCUT2D eigenvalue weighted by molar-refractivity contribution is 7.89. The average Bonchev–Trinajstić information content (AvgIpc) is 2.94. The van der Waals surface area contributed by atoms with Crippen LogP contribution >= 0.6 is 12.4 Å². The first-order valence-electron chi connectivity index (χ1n) is 9.52. The fourth-order valence-electron chi connectivity index (χ4n) is 4.16. The number of fused-ring (bicyclic) bond motifs is 2. The molecule has 2 N–H and O–H groups in total. The average molecular weight is 416 g/mol. The Morgan fingerprint density at radius 1 is 1.19 bits per heavy atom.